The molecule has 0 amide bonds. The predicted molar refractivity (Wildman–Crippen MR) is 145 cm³/mol. The van der Waals surface area contributed by atoms with Gasteiger partial charge in [-0.25, -0.2) is 0 Å². The van der Waals surface area contributed by atoms with Crippen LogP contribution in [0.2, 0.25) is 0 Å². The Labute approximate surface area is 200 Å². The molecule has 178 valence electrons. The second-order valence-corrected chi connectivity index (χ2v) is 11.8. The quantitative estimate of drug-likeness (QED) is 0.147. The molecule has 0 spiro atoms. The van der Waals surface area contributed by atoms with E-state index in [-0.39, 0.29) is 0 Å². The fourth-order valence-electron chi connectivity index (χ4n) is 4.49. The molecule has 0 aliphatic carbocycles. The predicted octanol–water partition coefficient (Wildman–Crippen LogP) is 7.80. The lowest BCUT2D eigenvalue weighted by atomic mass is 10.0. The number of hydrogen-bond acceptors (Lipinski definition) is 1. The topological polar surface area (TPSA) is 9.23 Å². The normalized spacial score (nSPS) is 11.3. The van der Waals surface area contributed by atoms with Crippen LogP contribution >= 0.6 is 0 Å². The Morgan fingerprint density at radius 3 is 1.19 bits per heavy atom. The third-order valence-corrected chi connectivity index (χ3v) is 9.04. The first-order chi connectivity index (χ1) is 15.9. The van der Waals surface area contributed by atoms with E-state index in [1.54, 1.807) is 0 Å². The zero-order valence-corrected chi connectivity index (χ0v) is 21.9. The van der Waals surface area contributed by atoms with Crippen molar-refractivity contribution in [3.05, 3.63) is 60.7 Å². The summed E-state index contributed by atoms with van der Waals surface area (Å²) in [7, 11) is -1.55. The number of benzene rings is 2. The van der Waals surface area contributed by atoms with E-state index in [9.17, 15) is 0 Å². The van der Waals surface area contributed by atoms with Crippen molar-refractivity contribution < 1.29 is 4.43 Å². The lowest BCUT2D eigenvalue weighted by Crippen LogP contribution is -2.45. The van der Waals surface area contributed by atoms with Gasteiger partial charge in [-0.3, -0.25) is 0 Å². The van der Waals surface area contributed by atoms with Crippen LogP contribution in [0.4, 0.5) is 0 Å². The fraction of sp³-hybridized carbons (Fsp3) is 0.600. The van der Waals surface area contributed by atoms with Crippen molar-refractivity contribution in [3.63, 3.8) is 0 Å². The maximum atomic E-state index is 6.47. The summed E-state index contributed by atoms with van der Waals surface area (Å²) in [5, 5.41) is 2.77. The molecule has 0 saturated heterocycles. The molecule has 0 saturated carbocycles. The van der Waals surface area contributed by atoms with Crippen molar-refractivity contribution in [1.29, 1.82) is 0 Å². The van der Waals surface area contributed by atoms with Gasteiger partial charge in [-0.1, -0.05) is 164 Å². The maximum Gasteiger partial charge on any atom is 0.239 e. The van der Waals surface area contributed by atoms with Crippen molar-refractivity contribution in [2.45, 2.75) is 110 Å². The summed E-state index contributed by atoms with van der Waals surface area (Å²) in [5.74, 6) is 0. The minimum Gasteiger partial charge on any atom is -0.411 e. The van der Waals surface area contributed by atoms with Gasteiger partial charge in [0.05, 0.1) is 0 Å². The Morgan fingerprint density at radius 2 is 0.812 bits per heavy atom. The second kappa shape index (κ2) is 19.1. The van der Waals surface area contributed by atoms with Gasteiger partial charge in [0.2, 0.25) is 9.04 Å². The third kappa shape index (κ3) is 12.6. The Hall–Kier alpha value is -1.38. The average Bonchev–Trinajstić information content (AvgIpc) is 2.84. The van der Waals surface area contributed by atoms with Crippen LogP contribution in [0.3, 0.4) is 0 Å². The van der Waals surface area contributed by atoms with E-state index in [0.717, 1.165) is 6.61 Å². The molecule has 0 aromatic heterocycles. The standard InChI is InChI=1S/C30H48OSi/c1-2-3-4-5-6-7-8-9-10-11-12-13-14-15-16-23-28-31-32(29-24-19-17-20-25-29)30-26-21-18-22-27-30/h17-22,24-27,32H,2-16,23,28H2,1H3. The summed E-state index contributed by atoms with van der Waals surface area (Å²) in [4.78, 5) is 0. The summed E-state index contributed by atoms with van der Waals surface area (Å²) >= 11 is 0. The molecule has 2 heteroatoms. The highest BCUT2D eigenvalue weighted by atomic mass is 28.3. The van der Waals surface area contributed by atoms with Gasteiger partial charge in [-0.05, 0) is 16.8 Å². The number of unbranched alkanes of at least 4 members (excludes halogenated alkanes) is 15. The monoisotopic (exact) mass is 452 g/mol. The molecule has 1 nitrogen and oxygen atoms in total. The first-order valence-electron chi connectivity index (χ1n) is 13.6. The van der Waals surface area contributed by atoms with Gasteiger partial charge >= 0.3 is 0 Å². The lowest BCUT2D eigenvalue weighted by Gasteiger charge is -2.17. The highest BCUT2D eigenvalue weighted by molar-refractivity contribution is 6.80. The van der Waals surface area contributed by atoms with E-state index in [2.05, 4.69) is 67.6 Å². The maximum absolute atomic E-state index is 6.47. The van der Waals surface area contributed by atoms with Gasteiger partial charge < -0.3 is 4.43 Å². The van der Waals surface area contributed by atoms with Gasteiger partial charge in [0, 0.05) is 6.61 Å². The molecule has 0 heterocycles. The van der Waals surface area contributed by atoms with Crippen LogP contribution in [0.15, 0.2) is 60.7 Å². The van der Waals surface area contributed by atoms with Crippen molar-refractivity contribution >= 4 is 19.4 Å². The van der Waals surface area contributed by atoms with Crippen LogP contribution < -0.4 is 10.4 Å². The van der Waals surface area contributed by atoms with Crippen LogP contribution in [0.5, 0.6) is 0 Å². The smallest absolute Gasteiger partial charge is 0.239 e. The van der Waals surface area contributed by atoms with Crippen molar-refractivity contribution in [2.24, 2.45) is 0 Å². The molecule has 0 fully saturated rings. The molecule has 0 atom stereocenters. The Morgan fingerprint density at radius 1 is 0.469 bits per heavy atom. The second-order valence-electron chi connectivity index (χ2n) is 9.38. The first-order valence-corrected chi connectivity index (χ1v) is 15.3. The average molecular weight is 453 g/mol. The van der Waals surface area contributed by atoms with Crippen molar-refractivity contribution in [2.75, 3.05) is 6.61 Å². The summed E-state index contributed by atoms with van der Waals surface area (Å²) in [6.45, 7) is 3.20. The molecule has 2 rings (SSSR count). The van der Waals surface area contributed by atoms with E-state index in [0.29, 0.717) is 0 Å². The molecule has 0 aliphatic heterocycles. The number of hydrogen-bond donors (Lipinski definition) is 0. The summed E-state index contributed by atoms with van der Waals surface area (Å²) in [6, 6.07) is 21.7. The Balaban J connectivity index is 1.44. The van der Waals surface area contributed by atoms with Crippen LogP contribution in [0.1, 0.15) is 110 Å². The van der Waals surface area contributed by atoms with E-state index in [1.165, 1.54) is 113 Å². The molecular weight excluding hydrogens is 404 g/mol. The van der Waals surface area contributed by atoms with Gasteiger partial charge in [0.1, 0.15) is 0 Å². The largest absolute Gasteiger partial charge is 0.411 e. The first kappa shape index (κ1) is 26.9. The van der Waals surface area contributed by atoms with Gasteiger partial charge in [-0.2, -0.15) is 0 Å². The zero-order valence-electron chi connectivity index (χ0n) is 20.8. The van der Waals surface area contributed by atoms with Crippen LogP contribution in [0.25, 0.3) is 0 Å². The summed E-state index contributed by atoms with van der Waals surface area (Å²) in [6.07, 6.45) is 22.6. The molecule has 0 aliphatic rings. The van der Waals surface area contributed by atoms with Gasteiger partial charge in [0.25, 0.3) is 0 Å². The molecule has 2 aromatic rings. The summed E-state index contributed by atoms with van der Waals surface area (Å²) in [5.41, 5.74) is 0. The van der Waals surface area contributed by atoms with Crippen molar-refractivity contribution in [1.82, 2.24) is 0 Å². The van der Waals surface area contributed by atoms with Crippen LogP contribution in [-0.2, 0) is 4.43 Å². The highest BCUT2D eigenvalue weighted by Crippen LogP contribution is 2.13. The lowest BCUT2D eigenvalue weighted by molar-refractivity contribution is 0.318. The van der Waals surface area contributed by atoms with E-state index in [4.69, 9.17) is 4.43 Å². The molecular formula is C30H48OSi. The van der Waals surface area contributed by atoms with E-state index < -0.39 is 9.04 Å². The van der Waals surface area contributed by atoms with Crippen molar-refractivity contribution in [3.8, 4) is 0 Å². The van der Waals surface area contributed by atoms with Gasteiger partial charge in [-0.15, -0.1) is 0 Å². The molecule has 32 heavy (non-hydrogen) atoms. The molecule has 0 bridgehead atoms. The summed E-state index contributed by atoms with van der Waals surface area (Å²) < 4.78 is 6.47. The van der Waals surface area contributed by atoms with E-state index in [1.807, 2.05) is 0 Å². The Bertz CT molecular complexity index is 603. The SMILES string of the molecule is CCCCCCCCCCCCCCCCCCO[SiH](c1ccccc1)c1ccccc1. The molecule has 0 unspecified atom stereocenters. The fourth-order valence-corrected chi connectivity index (χ4v) is 6.81. The highest BCUT2D eigenvalue weighted by Gasteiger charge is 2.16. The van der Waals surface area contributed by atoms with Gasteiger partial charge in [0.15, 0.2) is 0 Å². The van der Waals surface area contributed by atoms with Crippen LogP contribution in [0, 0.1) is 0 Å². The minimum atomic E-state index is -1.55. The molecule has 2 aromatic carbocycles. The van der Waals surface area contributed by atoms with Crippen LogP contribution in [-0.4, -0.2) is 15.6 Å². The number of rotatable bonds is 20. The molecule has 0 radical (unpaired) electrons. The third-order valence-electron chi connectivity index (χ3n) is 6.49. The minimum absolute atomic E-state index is 0.902. The Kier molecular flexibility index (Phi) is 16.1. The zero-order chi connectivity index (χ0) is 22.5. The molecule has 0 N–H and O–H groups in total. The van der Waals surface area contributed by atoms with E-state index >= 15 is 0 Å².